The summed E-state index contributed by atoms with van der Waals surface area (Å²) < 4.78 is 32.6. The van der Waals surface area contributed by atoms with Crippen LogP contribution in [-0.2, 0) is 14.9 Å². The average Bonchev–Trinajstić information content (AvgIpc) is 2.17. The molecule has 7 heteroatoms. The number of methoxy groups -OCH3 is 1. The molecule has 15 heavy (non-hydrogen) atoms. The van der Waals surface area contributed by atoms with Crippen LogP contribution >= 0.6 is 0 Å². The van der Waals surface area contributed by atoms with Crippen molar-refractivity contribution in [1.82, 2.24) is 9.44 Å². The van der Waals surface area contributed by atoms with E-state index in [1.165, 1.54) is 7.11 Å². The van der Waals surface area contributed by atoms with Gasteiger partial charge in [0, 0.05) is 25.7 Å². The van der Waals surface area contributed by atoms with Gasteiger partial charge in [-0.25, -0.2) is 0 Å². The molecule has 0 spiro atoms. The van der Waals surface area contributed by atoms with Crippen molar-refractivity contribution >= 4 is 10.2 Å². The lowest BCUT2D eigenvalue weighted by atomic mass is 10.0. The van der Waals surface area contributed by atoms with Crippen molar-refractivity contribution in [2.45, 2.75) is 25.8 Å². The number of hydrogen-bond acceptors (Lipinski definition) is 4. The van der Waals surface area contributed by atoms with Gasteiger partial charge >= 0.3 is 0 Å². The number of hydrogen-bond donors (Lipinski definition) is 3. The quantitative estimate of drug-likeness (QED) is 0.483. The summed E-state index contributed by atoms with van der Waals surface area (Å²) in [6.07, 6.45) is 0.634. The van der Waals surface area contributed by atoms with Gasteiger partial charge in [-0.2, -0.15) is 17.9 Å². The van der Waals surface area contributed by atoms with Crippen LogP contribution in [0, 0.1) is 0 Å². The van der Waals surface area contributed by atoms with Gasteiger partial charge in [-0.05, 0) is 13.3 Å². The van der Waals surface area contributed by atoms with Gasteiger partial charge in [-0.1, -0.05) is 6.92 Å². The molecule has 1 unspecified atom stereocenters. The van der Waals surface area contributed by atoms with E-state index in [0.717, 1.165) is 0 Å². The second kappa shape index (κ2) is 6.39. The van der Waals surface area contributed by atoms with E-state index in [1.807, 2.05) is 6.92 Å². The molecule has 0 aliphatic carbocycles. The molecule has 0 aliphatic heterocycles. The predicted octanol–water partition coefficient (Wildman–Crippen LogP) is -0.816. The minimum absolute atomic E-state index is 0.246. The maximum atomic E-state index is 11.5. The van der Waals surface area contributed by atoms with Gasteiger partial charge in [-0.3, -0.25) is 0 Å². The van der Waals surface area contributed by atoms with Gasteiger partial charge in [0.15, 0.2) is 0 Å². The number of nitrogens with one attached hydrogen (secondary N) is 2. The highest BCUT2D eigenvalue weighted by atomic mass is 32.2. The Morgan fingerprint density at radius 3 is 2.47 bits per heavy atom. The standard InChI is InChI=1S/C8H21N3O3S/c1-4-8(2,7-9)11-15(12,13)10-5-6-14-3/h10-11H,4-7,9H2,1-3H3. The highest BCUT2D eigenvalue weighted by molar-refractivity contribution is 7.87. The zero-order valence-corrected chi connectivity index (χ0v) is 10.4. The fourth-order valence-electron chi connectivity index (χ4n) is 0.897. The van der Waals surface area contributed by atoms with Gasteiger partial charge in [0.25, 0.3) is 10.2 Å². The zero-order valence-electron chi connectivity index (χ0n) is 9.54. The van der Waals surface area contributed by atoms with Gasteiger partial charge < -0.3 is 10.5 Å². The summed E-state index contributed by atoms with van der Waals surface area (Å²) in [6.45, 7) is 4.49. The van der Waals surface area contributed by atoms with Crippen molar-refractivity contribution in [2.24, 2.45) is 5.73 Å². The molecule has 0 amide bonds. The van der Waals surface area contributed by atoms with Crippen LogP contribution in [-0.4, -0.2) is 40.8 Å². The fourth-order valence-corrected chi connectivity index (χ4v) is 2.20. The summed E-state index contributed by atoms with van der Waals surface area (Å²) in [5.41, 5.74) is 4.90. The van der Waals surface area contributed by atoms with E-state index in [4.69, 9.17) is 10.5 Å². The van der Waals surface area contributed by atoms with E-state index in [0.29, 0.717) is 13.0 Å². The molecule has 0 saturated carbocycles. The SMILES string of the molecule is CCC(C)(CN)NS(=O)(=O)NCCOC. The Morgan fingerprint density at radius 1 is 1.47 bits per heavy atom. The third-order valence-electron chi connectivity index (χ3n) is 2.21. The summed E-state index contributed by atoms with van der Waals surface area (Å²) >= 11 is 0. The number of rotatable bonds is 8. The van der Waals surface area contributed by atoms with Crippen LogP contribution in [0.4, 0.5) is 0 Å². The molecule has 0 aromatic heterocycles. The highest BCUT2D eigenvalue weighted by Gasteiger charge is 2.25. The lowest BCUT2D eigenvalue weighted by Crippen LogP contribution is -2.54. The first kappa shape index (κ1) is 14.8. The van der Waals surface area contributed by atoms with Crippen molar-refractivity contribution in [1.29, 1.82) is 0 Å². The monoisotopic (exact) mass is 239 g/mol. The molecule has 6 nitrogen and oxygen atoms in total. The molecule has 0 fully saturated rings. The van der Waals surface area contributed by atoms with E-state index in [1.54, 1.807) is 6.92 Å². The van der Waals surface area contributed by atoms with Crippen LogP contribution in [0.3, 0.4) is 0 Å². The molecule has 4 N–H and O–H groups in total. The van der Waals surface area contributed by atoms with E-state index in [-0.39, 0.29) is 13.1 Å². The molecule has 0 radical (unpaired) electrons. The minimum atomic E-state index is -3.50. The normalized spacial score (nSPS) is 16.3. The summed E-state index contributed by atoms with van der Waals surface area (Å²) in [6, 6.07) is 0. The fraction of sp³-hybridized carbons (Fsp3) is 1.00. The summed E-state index contributed by atoms with van der Waals surface area (Å²) in [7, 11) is -1.98. The van der Waals surface area contributed by atoms with Crippen molar-refractivity contribution in [3.63, 3.8) is 0 Å². The van der Waals surface area contributed by atoms with Crippen molar-refractivity contribution in [3.8, 4) is 0 Å². The van der Waals surface area contributed by atoms with Crippen LogP contribution < -0.4 is 15.2 Å². The average molecular weight is 239 g/mol. The Kier molecular flexibility index (Phi) is 6.30. The first-order valence-electron chi connectivity index (χ1n) is 4.86. The van der Waals surface area contributed by atoms with Gasteiger partial charge in [-0.15, -0.1) is 0 Å². The topological polar surface area (TPSA) is 93.5 Å². The largest absolute Gasteiger partial charge is 0.383 e. The van der Waals surface area contributed by atoms with E-state index in [2.05, 4.69) is 9.44 Å². The number of nitrogens with two attached hydrogens (primary N) is 1. The lowest BCUT2D eigenvalue weighted by Gasteiger charge is -2.27. The molecular weight excluding hydrogens is 218 g/mol. The molecule has 92 valence electrons. The molecule has 0 saturated heterocycles. The maximum absolute atomic E-state index is 11.5. The molecule has 0 bridgehead atoms. The Bertz CT molecular complexity index is 262. The van der Waals surface area contributed by atoms with E-state index < -0.39 is 15.7 Å². The van der Waals surface area contributed by atoms with Crippen molar-refractivity contribution in [3.05, 3.63) is 0 Å². The van der Waals surface area contributed by atoms with E-state index >= 15 is 0 Å². The van der Waals surface area contributed by atoms with Crippen LogP contribution in [0.5, 0.6) is 0 Å². The minimum Gasteiger partial charge on any atom is -0.383 e. The van der Waals surface area contributed by atoms with Crippen LogP contribution in [0.2, 0.25) is 0 Å². The molecule has 0 rings (SSSR count). The predicted molar refractivity (Wildman–Crippen MR) is 59.7 cm³/mol. The second-order valence-electron chi connectivity index (χ2n) is 3.61. The summed E-state index contributed by atoms with van der Waals surface area (Å²) in [5, 5.41) is 0. The Balaban J connectivity index is 4.24. The van der Waals surface area contributed by atoms with Gasteiger partial charge in [0.2, 0.25) is 0 Å². The molecule has 0 aromatic carbocycles. The zero-order chi connectivity index (χ0) is 11.9. The van der Waals surface area contributed by atoms with Crippen LogP contribution in [0.25, 0.3) is 0 Å². The summed E-state index contributed by atoms with van der Waals surface area (Å²) in [5.74, 6) is 0. The first-order valence-corrected chi connectivity index (χ1v) is 6.35. The molecule has 0 heterocycles. The third kappa shape index (κ3) is 6.06. The van der Waals surface area contributed by atoms with Crippen molar-refractivity contribution in [2.75, 3.05) is 26.8 Å². The second-order valence-corrected chi connectivity index (χ2v) is 5.11. The first-order chi connectivity index (χ1) is 6.89. The Hall–Kier alpha value is -0.210. The molecule has 0 aliphatic rings. The van der Waals surface area contributed by atoms with Gasteiger partial charge in [0.1, 0.15) is 0 Å². The molecule has 0 aromatic rings. The van der Waals surface area contributed by atoms with Gasteiger partial charge in [0.05, 0.1) is 6.61 Å². The summed E-state index contributed by atoms with van der Waals surface area (Å²) in [4.78, 5) is 0. The highest BCUT2D eigenvalue weighted by Crippen LogP contribution is 2.07. The van der Waals surface area contributed by atoms with E-state index in [9.17, 15) is 8.42 Å². The Labute approximate surface area is 91.7 Å². The third-order valence-corrected chi connectivity index (χ3v) is 3.56. The lowest BCUT2D eigenvalue weighted by molar-refractivity contribution is 0.204. The maximum Gasteiger partial charge on any atom is 0.277 e. The van der Waals surface area contributed by atoms with Crippen molar-refractivity contribution < 1.29 is 13.2 Å². The molecule has 1 atom stereocenters. The Morgan fingerprint density at radius 2 is 2.07 bits per heavy atom. The number of ether oxygens (including phenoxy) is 1. The molecular formula is C8H21N3O3S. The smallest absolute Gasteiger partial charge is 0.277 e. The van der Waals surface area contributed by atoms with Crippen LogP contribution in [0.15, 0.2) is 0 Å². The van der Waals surface area contributed by atoms with Crippen LogP contribution in [0.1, 0.15) is 20.3 Å².